The lowest BCUT2D eigenvalue weighted by atomic mass is 9.97. The third-order valence-corrected chi connectivity index (χ3v) is 7.38. The fourth-order valence-corrected chi connectivity index (χ4v) is 5.42. The second-order valence-electron chi connectivity index (χ2n) is 10.1. The molecule has 0 unspecified atom stereocenters. The van der Waals surface area contributed by atoms with E-state index in [1.807, 2.05) is 30.3 Å². The van der Waals surface area contributed by atoms with Gasteiger partial charge in [0.25, 0.3) is 0 Å². The number of hydrogen-bond donors (Lipinski definition) is 1. The zero-order valence-corrected chi connectivity index (χ0v) is 23.2. The number of hydrogen-bond acceptors (Lipinski definition) is 5. The van der Waals surface area contributed by atoms with Gasteiger partial charge in [-0.2, -0.15) is 13.2 Å². The molecule has 0 heterocycles. The number of alkyl halides is 3. The molecule has 3 aromatic rings. The average Bonchev–Trinajstić information content (AvgIpc) is 2.84. The van der Waals surface area contributed by atoms with Gasteiger partial charge in [-0.1, -0.05) is 42.5 Å². The van der Waals surface area contributed by atoms with Gasteiger partial charge < -0.3 is 9.84 Å². The zero-order chi connectivity index (χ0) is 29.7. The summed E-state index contributed by atoms with van der Waals surface area (Å²) in [6.45, 7) is 3.24. The molecule has 0 aliphatic rings. The Kier molecular flexibility index (Phi) is 9.97. The van der Waals surface area contributed by atoms with Crippen molar-refractivity contribution in [3.8, 4) is 5.75 Å². The number of nitrogens with zero attached hydrogens (tertiary/aromatic N) is 1. The van der Waals surface area contributed by atoms with E-state index in [9.17, 15) is 35.5 Å². The largest absolute Gasteiger partial charge is 0.493 e. The molecule has 0 spiro atoms. The second-order valence-corrected chi connectivity index (χ2v) is 12.1. The highest BCUT2D eigenvalue weighted by atomic mass is 32.2. The van der Waals surface area contributed by atoms with Crippen LogP contribution < -0.4 is 4.74 Å². The molecule has 3 rings (SSSR count). The van der Waals surface area contributed by atoms with Gasteiger partial charge in [0.05, 0.1) is 22.7 Å². The summed E-state index contributed by atoms with van der Waals surface area (Å²) >= 11 is 0. The van der Waals surface area contributed by atoms with Crippen molar-refractivity contribution < 1.29 is 40.2 Å². The van der Waals surface area contributed by atoms with Crippen molar-refractivity contribution >= 4 is 9.84 Å². The Balaban J connectivity index is 1.74. The minimum Gasteiger partial charge on any atom is -0.493 e. The highest BCUT2D eigenvalue weighted by Crippen LogP contribution is 2.34. The topological polar surface area (TPSA) is 66.8 Å². The van der Waals surface area contributed by atoms with Crippen molar-refractivity contribution in [3.05, 3.63) is 94.6 Å². The summed E-state index contributed by atoms with van der Waals surface area (Å²) in [4.78, 5) is 1.41. The van der Waals surface area contributed by atoms with E-state index in [0.717, 1.165) is 24.0 Å². The normalized spacial score (nSPS) is 12.7. The van der Waals surface area contributed by atoms with Crippen LogP contribution in [0.2, 0.25) is 0 Å². The zero-order valence-electron chi connectivity index (χ0n) is 22.4. The molecule has 0 bridgehead atoms. The maximum absolute atomic E-state index is 14.8. The smallest absolute Gasteiger partial charge is 0.419 e. The summed E-state index contributed by atoms with van der Waals surface area (Å²) in [5.74, 6) is -2.30. The van der Waals surface area contributed by atoms with E-state index in [0.29, 0.717) is 32.0 Å². The third-order valence-electron chi connectivity index (χ3n) is 6.26. The molecule has 0 radical (unpaired) electrons. The van der Waals surface area contributed by atoms with Crippen molar-refractivity contribution in [1.82, 2.24) is 4.90 Å². The van der Waals surface area contributed by atoms with Crippen molar-refractivity contribution in [1.29, 1.82) is 0 Å². The molecule has 40 heavy (non-hydrogen) atoms. The lowest BCUT2D eigenvalue weighted by Gasteiger charge is -2.24. The van der Waals surface area contributed by atoms with Crippen molar-refractivity contribution in [2.75, 3.05) is 26.0 Å². The Morgan fingerprint density at radius 3 is 2.23 bits per heavy atom. The summed E-state index contributed by atoms with van der Waals surface area (Å²) in [5, 5.41) is 10.3. The molecule has 1 N–H and O–H groups in total. The molecule has 0 saturated carbocycles. The first-order valence-corrected chi connectivity index (χ1v) is 14.5. The Bertz CT molecular complexity index is 1400. The Morgan fingerprint density at radius 2 is 1.62 bits per heavy atom. The van der Waals surface area contributed by atoms with Crippen LogP contribution in [0.25, 0.3) is 0 Å². The van der Waals surface area contributed by atoms with Gasteiger partial charge in [-0.3, -0.25) is 4.90 Å². The second kappa shape index (κ2) is 12.7. The fraction of sp³-hybridized carbons (Fsp3) is 0.379. The number of aliphatic hydroxyl groups is 1. The Hall–Kier alpha value is -3.02. The molecule has 0 amide bonds. The van der Waals surface area contributed by atoms with Crippen LogP contribution >= 0.6 is 0 Å². The van der Waals surface area contributed by atoms with Gasteiger partial charge >= 0.3 is 6.18 Å². The van der Waals surface area contributed by atoms with Crippen LogP contribution in [-0.2, 0) is 34.6 Å². The number of benzene rings is 3. The molecule has 0 aromatic heterocycles. The van der Waals surface area contributed by atoms with Gasteiger partial charge in [0.2, 0.25) is 0 Å². The lowest BCUT2D eigenvalue weighted by molar-refractivity contribution is -0.140. The monoisotopic (exact) mass is 585 g/mol. The third kappa shape index (κ3) is 8.49. The van der Waals surface area contributed by atoms with Gasteiger partial charge in [-0.25, -0.2) is 17.2 Å². The highest BCUT2D eigenvalue weighted by molar-refractivity contribution is 7.90. The van der Waals surface area contributed by atoms with E-state index in [1.165, 1.54) is 26.0 Å². The van der Waals surface area contributed by atoms with E-state index in [1.54, 1.807) is 4.90 Å². The fourth-order valence-electron chi connectivity index (χ4n) is 4.37. The molecule has 3 aromatic carbocycles. The number of ether oxygens (including phenoxy) is 1. The van der Waals surface area contributed by atoms with Crippen molar-refractivity contribution in [2.45, 2.75) is 49.9 Å². The van der Waals surface area contributed by atoms with Gasteiger partial charge in [-0.05, 0) is 44.4 Å². The molecule has 0 saturated heterocycles. The van der Waals surface area contributed by atoms with E-state index >= 15 is 0 Å². The van der Waals surface area contributed by atoms with E-state index < -0.39 is 38.8 Å². The van der Waals surface area contributed by atoms with Crippen LogP contribution in [0.15, 0.2) is 65.6 Å². The van der Waals surface area contributed by atoms with E-state index in [2.05, 4.69) is 0 Å². The van der Waals surface area contributed by atoms with Crippen LogP contribution in [0.1, 0.15) is 42.5 Å². The van der Waals surface area contributed by atoms with Crippen LogP contribution in [0.4, 0.5) is 22.0 Å². The van der Waals surface area contributed by atoms with Crippen molar-refractivity contribution in [3.63, 3.8) is 0 Å². The minimum absolute atomic E-state index is 0.0252. The van der Waals surface area contributed by atoms with Crippen LogP contribution in [0, 0.1) is 11.6 Å². The van der Waals surface area contributed by atoms with Crippen LogP contribution in [0.3, 0.4) is 0 Å². The maximum Gasteiger partial charge on any atom is 0.419 e. The first-order valence-electron chi connectivity index (χ1n) is 12.6. The summed E-state index contributed by atoms with van der Waals surface area (Å²) in [6.07, 6.45) is -3.01. The van der Waals surface area contributed by atoms with Gasteiger partial charge in [0, 0.05) is 43.1 Å². The number of rotatable bonds is 12. The van der Waals surface area contributed by atoms with Crippen LogP contribution in [0.5, 0.6) is 5.75 Å². The first kappa shape index (κ1) is 31.5. The van der Waals surface area contributed by atoms with Crippen molar-refractivity contribution in [2.24, 2.45) is 0 Å². The number of halogens is 5. The predicted octanol–water partition coefficient (Wildman–Crippen LogP) is 6.13. The molecule has 0 aliphatic carbocycles. The predicted molar refractivity (Wildman–Crippen MR) is 142 cm³/mol. The molecule has 0 aliphatic heterocycles. The molecule has 0 fully saturated rings. The standard InChI is InChI=1S/C29H32F5NO4S/c1-28(2,36)26-24(30)17-22(18-25(26)40(3,37)38)39-16-8-14-35(15-13-20-9-5-4-6-10-20)19-21-11-7-12-23(27(21)31)29(32,33)34/h4-7,9-12,17-18,36H,8,13-16,19H2,1-3H3. The lowest BCUT2D eigenvalue weighted by Crippen LogP contribution is -2.29. The SMILES string of the molecule is CC(C)(O)c1c(F)cc(OCCCN(CCc2ccccc2)Cc2cccc(C(F)(F)F)c2F)cc1S(C)(=O)=O. The first-order chi connectivity index (χ1) is 18.6. The summed E-state index contributed by atoms with van der Waals surface area (Å²) < 4.78 is 99.3. The van der Waals surface area contributed by atoms with Gasteiger partial charge in [-0.15, -0.1) is 0 Å². The molecule has 5 nitrogen and oxygen atoms in total. The van der Waals surface area contributed by atoms with Gasteiger partial charge in [0.1, 0.15) is 17.4 Å². The summed E-state index contributed by atoms with van der Waals surface area (Å²) in [6, 6.07) is 14.8. The van der Waals surface area contributed by atoms with E-state index in [4.69, 9.17) is 4.74 Å². The maximum atomic E-state index is 14.8. The molecular weight excluding hydrogens is 553 g/mol. The number of sulfone groups is 1. The summed E-state index contributed by atoms with van der Waals surface area (Å²) in [5.41, 5.74) is -2.53. The van der Waals surface area contributed by atoms with Crippen LogP contribution in [-0.4, -0.2) is 44.4 Å². The quantitative estimate of drug-likeness (QED) is 0.205. The Morgan fingerprint density at radius 1 is 0.950 bits per heavy atom. The Labute approximate surface area is 231 Å². The summed E-state index contributed by atoms with van der Waals surface area (Å²) in [7, 11) is -3.90. The molecule has 11 heteroatoms. The highest BCUT2D eigenvalue weighted by Gasteiger charge is 2.35. The van der Waals surface area contributed by atoms with Gasteiger partial charge in [0.15, 0.2) is 9.84 Å². The van der Waals surface area contributed by atoms with E-state index in [-0.39, 0.29) is 34.9 Å². The molecular formula is C29H32F5NO4S. The molecule has 218 valence electrons. The molecule has 0 atom stereocenters. The average molecular weight is 586 g/mol. The minimum atomic E-state index is -4.82.